The van der Waals surface area contributed by atoms with Crippen molar-refractivity contribution in [1.29, 1.82) is 0 Å². The van der Waals surface area contributed by atoms with Crippen molar-refractivity contribution in [3.63, 3.8) is 0 Å². The summed E-state index contributed by atoms with van der Waals surface area (Å²) >= 11 is 3.80. The van der Waals surface area contributed by atoms with E-state index in [-0.39, 0.29) is 34.6 Å². The predicted molar refractivity (Wildman–Crippen MR) is 162 cm³/mol. The average Bonchev–Trinajstić information content (AvgIpc) is 3.49. The molecule has 218 valence electrons. The molecule has 2 heterocycles. The van der Waals surface area contributed by atoms with Gasteiger partial charge in [-0.05, 0) is 69.6 Å². The number of hydrogen-bond donors (Lipinski definition) is 1. The molecule has 0 fully saturated rings. The second-order valence-corrected chi connectivity index (χ2v) is 13.2. The van der Waals surface area contributed by atoms with Gasteiger partial charge in [0.2, 0.25) is 5.91 Å². The minimum Gasteiger partial charge on any atom is -0.465 e. The van der Waals surface area contributed by atoms with Crippen molar-refractivity contribution in [1.82, 2.24) is 0 Å². The molecule has 0 saturated carbocycles. The van der Waals surface area contributed by atoms with Gasteiger partial charge in [-0.25, -0.2) is 14.4 Å². The first-order valence-electron chi connectivity index (χ1n) is 13.4. The molecule has 41 heavy (non-hydrogen) atoms. The van der Waals surface area contributed by atoms with Crippen LogP contribution in [0.25, 0.3) is 0 Å². The van der Waals surface area contributed by atoms with Gasteiger partial charge in [0.1, 0.15) is 9.88 Å². The smallest absolute Gasteiger partial charge is 0.348 e. The maximum Gasteiger partial charge on any atom is 0.348 e. The lowest BCUT2D eigenvalue weighted by Crippen LogP contribution is -2.23. The number of fused-ring (bicyclic) bond motifs is 1. The first kappa shape index (κ1) is 30.8. The lowest BCUT2D eigenvalue weighted by molar-refractivity contribution is -0.115. The van der Waals surface area contributed by atoms with E-state index in [1.54, 1.807) is 27.7 Å². The molecule has 1 aliphatic rings. The Morgan fingerprint density at radius 3 is 2.34 bits per heavy atom. The zero-order valence-corrected chi connectivity index (χ0v) is 26.1. The van der Waals surface area contributed by atoms with Crippen molar-refractivity contribution >= 4 is 63.3 Å². The fourth-order valence-corrected chi connectivity index (χ4v) is 8.81. The minimum atomic E-state index is -0.626. The molecule has 4 rings (SSSR count). The topological polar surface area (TPSA) is 108 Å². The van der Waals surface area contributed by atoms with Crippen LogP contribution in [-0.4, -0.2) is 49.4 Å². The number of nitrogens with one attached hydrogen (secondary N) is 1. The zero-order valence-electron chi connectivity index (χ0n) is 23.7. The van der Waals surface area contributed by atoms with Crippen molar-refractivity contribution in [2.24, 2.45) is 0 Å². The summed E-state index contributed by atoms with van der Waals surface area (Å²) in [5.41, 5.74) is 3.35. The number of esters is 3. The summed E-state index contributed by atoms with van der Waals surface area (Å²) in [4.78, 5) is 52.9. The lowest BCUT2D eigenvalue weighted by Gasteiger charge is -2.23. The molecule has 0 bridgehead atoms. The van der Waals surface area contributed by atoms with Gasteiger partial charge < -0.3 is 19.5 Å². The van der Waals surface area contributed by atoms with E-state index < -0.39 is 23.2 Å². The van der Waals surface area contributed by atoms with Crippen molar-refractivity contribution in [3.05, 3.63) is 67.9 Å². The Morgan fingerprint density at radius 1 is 1.00 bits per heavy atom. The number of anilines is 1. The quantitative estimate of drug-likeness (QED) is 0.153. The summed E-state index contributed by atoms with van der Waals surface area (Å²) < 4.78 is 16.2. The van der Waals surface area contributed by atoms with E-state index in [1.165, 1.54) is 35.8 Å². The number of thioether (sulfide) groups is 1. The van der Waals surface area contributed by atoms with Gasteiger partial charge in [0, 0.05) is 4.88 Å². The Kier molecular flexibility index (Phi) is 10.3. The molecule has 3 aromatic rings. The van der Waals surface area contributed by atoms with Gasteiger partial charge in [-0.2, -0.15) is 0 Å². The van der Waals surface area contributed by atoms with Crippen LogP contribution in [0.3, 0.4) is 0 Å². The number of benzene rings is 1. The van der Waals surface area contributed by atoms with Gasteiger partial charge in [0.05, 0.1) is 40.9 Å². The van der Waals surface area contributed by atoms with Gasteiger partial charge >= 0.3 is 17.9 Å². The van der Waals surface area contributed by atoms with Gasteiger partial charge in [-0.15, -0.1) is 34.4 Å². The van der Waals surface area contributed by atoms with Crippen LogP contribution in [0.4, 0.5) is 5.00 Å². The Hall–Kier alpha value is -3.15. The van der Waals surface area contributed by atoms with Gasteiger partial charge in [0.15, 0.2) is 0 Å². The Labute approximate surface area is 251 Å². The van der Waals surface area contributed by atoms with Crippen LogP contribution in [-0.2, 0) is 31.8 Å². The van der Waals surface area contributed by atoms with Crippen molar-refractivity contribution in [3.8, 4) is 0 Å². The molecule has 2 atom stereocenters. The van der Waals surface area contributed by atoms with Gasteiger partial charge in [-0.3, -0.25) is 4.79 Å². The monoisotopic (exact) mass is 615 g/mol. The summed E-state index contributed by atoms with van der Waals surface area (Å²) in [5, 5.41) is 2.43. The Morgan fingerprint density at radius 2 is 1.68 bits per heavy atom. The second kappa shape index (κ2) is 13.7. The predicted octanol–water partition coefficient (Wildman–Crippen LogP) is 6.65. The third kappa shape index (κ3) is 6.68. The molecule has 8 nitrogen and oxygen atoms in total. The minimum absolute atomic E-state index is 0.138. The fourth-order valence-electron chi connectivity index (χ4n) is 4.83. The van der Waals surface area contributed by atoms with Gasteiger partial charge in [-0.1, -0.05) is 30.3 Å². The number of hydrogen-bond acceptors (Lipinski definition) is 10. The van der Waals surface area contributed by atoms with Crippen molar-refractivity contribution in [2.45, 2.75) is 62.3 Å². The van der Waals surface area contributed by atoms with Crippen LogP contribution >= 0.6 is 34.4 Å². The standard InChI is InChI=1S/C30H33NO7S3/c1-6-37-28(34)22-16(3)24(29(35)38-7-2)41-26(22)31-25(32)17(4)39-30-23(27(33)36-5)20-14-13-19(15-21(20)40-30)18-11-9-8-10-12-18/h8-12,17,19H,6-7,13-15H2,1-5H3,(H,31,32). The second-order valence-electron chi connectivity index (χ2n) is 9.46. The maximum absolute atomic E-state index is 13.4. The molecule has 1 N–H and O–H groups in total. The molecule has 1 aromatic carbocycles. The highest BCUT2D eigenvalue weighted by molar-refractivity contribution is 8.02. The number of carbonyl (C=O) groups is 4. The molecule has 1 aliphatic carbocycles. The first-order chi connectivity index (χ1) is 19.7. The van der Waals surface area contributed by atoms with E-state index in [2.05, 4.69) is 17.4 Å². The molecule has 2 unspecified atom stereocenters. The number of methoxy groups -OCH3 is 1. The van der Waals surface area contributed by atoms with E-state index in [0.717, 1.165) is 45.2 Å². The van der Waals surface area contributed by atoms with E-state index in [0.29, 0.717) is 17.0 Å². The number of rotatable bonds is 10. The molecule has 1 amide bonds. The molecular formula is C30H33NO7S3. The highest BCUT2D eigenvalue weighted by Gasteiger charge is 2.33. The summed E-state index contributed by atoms with van der Waals surface area (Å²) in [6.07, 6.45) is 2.50. The SMILES string of the molecule is CCOC(=O)c1sc(NC(=O)C(C)Sc2sc3c(c2C(=O)OC)CCC(c2ccccc2)C3)c(C(=O)OCC)c1C. The number of thiophene rings is 2. The molecule has 0 radical (unpaired) electrons. The Balaban J connectivity index is 1.58. The van der Waals surface area contributed by atoms with E-state index >= 15 is 0 Å². The highest BCUT2D eigenvalue weighted by Crippen LogP contribution is 2.45. The van der Waals surface area contributed by atoms with Crippen molar-refractivity contribution < 1.29 is 33.4 Å². The summed E-state index contributed by atoms with van der Waals surface area (Å²) in [7, 11) is 1.36. The molecule has 0 aliphatic heterocycles. The van der Waals surface area contributed by atoms with E-state index in [9.17, 15) is 19.2 Å². The highest BCUT2D eigenvalue weighted by atomic mass is 32.2. The molecule has 0 saturated heterocycles. The van der Waals surface area contributed by atoms with E-state index in [4.69, 9.17) is 14.2 Å². The van der Waals surface area contributed by atoms with Crippen LogP contribution < -0.4 is 5.32 Å². The third-order valence-electron chi connectivity index (χ3n) is 6.87. The summed E-state index contributed by atoms with van der Waals surface area (Å²) in [6.45, 7) is 7.08. The lowest BCUT2D eigenvalue weighted by atomic mass is 9.83. The molecule has 11 heteroatoms. The summed E-state index contributed by atoms with van der Waals surface area (Å²) in [5.74, 6) is -1.61. The van der Waals surface area contributed by atoms with Crippen LogP contribution in [0.2, 0.25) is 0 Å². The average molecular weight is 616 g/mol. The normalized spacial score (nSPS) is 15.0. The number of carbonyl (C=O) groups excluding carboxylic acids is 4. The Bertz CT molecular complexity index is 1440. The molecule has 2 aromatic heterocycles. The zero-order chi connectivity index (χ0) is 29.7. The number of ether oxygens (including phenoxy) is 3. The molecular weight excluding hydrogens is 583 g/mol. The first-order valence-corrected chi connectivity index (χ1v) is 15.9. The number of amides is 1. The van der Waals surface area contributed by atoms with Crippen LogP contribution in [0.15, 0.2) is 34.5 Å². The van der Waals surface area contributed by atoms with E-state index in [1.807, 2.05) is 18.2 Å². The van der Waals surface area contributed by atoms with Gasteiger partial charge in [0.25, 0.3) is 0 Å². The summed E-state index contributed by atoms with van der Waals surface area (Å²) in [6, 6.07) is 10.4. The van der Waals surface area contributed by atoms with Crippen LogP contribution in [0.5, 0.6) is 0 Å². The largest absolute Gasteiger partial charge is 0.465 e. The van der Waals surface area contributed by atoms with Crippen LogP contribution in [0, 0.1) is 6.92 Å². The third-order valence-corrected chi connectivity index (χ3v) is 10.6. The fraction of sp³-hybridized carbons (Fsp3) is 0.400. The van der Waals surface area contributed by atoms with Crippen LogP contribution in [0.1, 0.15) is 85.1 Å². The van der Waals surface area contributed by atoms with Crippen molar-refractivity contribution in [2.75, 3.05) is 25.6 Å². The molecule has 0 spiro atoms. The maximum atomic E-state index is 13.4.